The van der Waals surface area contributed by atoms with E-state index in [2.05, 4.69) is 0 Å². The molecular formula is C14H26O6. The van der Waals surface area contributed by atoms with Gasteiger partial charge in [0.25, 0.3) is 0 Å². The molecule has 6 nitrogen and oxygen atoms in total. The van der Waals surface area contributed by atoms with E-state index in [4.69, 9.17) is 18.9 Å². The summed E-state index contributed by atoms with van der Waals surface area (Å²) < 4.78 is 19.7. The van der Waals surface area contributed by atoms with Gasteiger partial charge >= 0.3 is 12.3 Å². The van der Waals surface area contributed by atoms with Crippen LogP contribution in [0.5, 0.6) is 0 Å². The maximum Gasteiger partial charge on any atom is 0.508 e. The van der Waals surface area contributed by atoms with Crippen LogP contribution in [0.1, 0.15) is 47.5 Å². The van der Waals surface area contributed by atoms with Crippen molar-refractivity contribution in [2.45, 2.75) is 59.7 Å². The first-order valence-corrected chi connectivity index (χ1v) is 7.03. The Bertz CT molecular complexity index is 289. The van der Waals surface area contributed by atoms with Gasteiger partial charge < -0.3 is 18.9 Å². The van der Waals surface area contributed by atoms with Crippen molar-refractivity contribution in [3.63, 3.8) is 0 Å². The van der Waals surface area contributed by atoms with Crippen molar-refractivity contribution in [2.24, 2.45) is 5.92 Å². The Balaban J connectivity index is 3.92. The zero-order valence-corrected chi connectivity index (χ0v) is 13.0. The summed E-state index contributed by atoms with van der Waals surface area (Å²) >= 11 is 0. The third kappa shape index (κ3) is 9.47. The summed E-state index contributed by atoms with van der Waals surface area (Å²) in [5, 5.41) is 0. The standard InChI is InChI=1S/C14H26O6/c1-6-7-8-17-13(15)19-11(4)12(5)20-14(16)18-9-10(2)3/h10-12H,6-9H2,1-5H3. The van der Waals surface area contributed by atoms with E-state index in [1.54, 1.807) is 13.8 Å². The fraction of sp³-hybridized carbons (Fsp3) is 0.857. The normalized spacial score (nSPS) is 13.5. The molecule has 2 unspecified atom stereocenters. The molecule has 0 radical (unpaired) electrons. The average Bonchev–Trinajstić information content (AvgIpc) is 2.36. The summed E-state index contributed by atoms with van der Waals surface area (Å²) in [6.45, 7) is 9.72. The first-order chi connectivity index (χ1) is 9.36. The number of rotatable bonds is 8. The molecule has 0 saturated heterocycles. The van der Waals surface area contributed by atoms with Crippen molar-refractivity contribution in [1.82, 2.24) is 0 Å². The number of carbonyl (C=O) groups excluding carboxylic acids is 2. The SMILES string of the molecule is CCCCOC(=O)OC(C)C(C)OC(=O)OCC(C)C. The third-order valence-corrected chi connectivity index (χ3v) is 2.48. The van der Waals surface area contributed by atoms with Crippen LogP contribution in [0.25, 0.3) is 0 Å². The van der Waals surface area contributed by atoms with E-state index in [9.17, 15) is 9.59 Å². The lowest BCUT2D eigenvalue weighted by Crippen LogP contribution is -2.31. The zero-order valence-electron chi connectivity index (χ0n) is 13.0. The van der Waals surface area contributed by atoms with Gasteiger partial charge in [-0.2, -0.15) is 0 Å². The van der Waals surface area contributed by atoms with Crippen LogP contribution in [0.3, 0.4) is 0 Å². The molecule has 0 aliphatic heterocycles. The fourth-order valence-corrected chi connectivity index (χ4v) is 1.10. The summed E-state index contributed by atoms with van der Waals surface area (Å²) in [4.78, 5) is 22.7. The van der Waals surface area contributed by atoms with Gasteiger partial charge in [0.05, 0.1) is 13.2 Å². The van der Waals surface area contributed by atoms with Crippen molar-refractivity contribution in [3.05, 3.63) is 0 Å². The molecule has 2 atom stereocenters. The molecule has 0 N–H and O–H groups in total. The zero-order chi connectivity index (χ0) is 15.5. The van der Waals surface area contributed by atoms with Crippen LogP contribution >= 0.6 is 0 Å². The van der Waals surface area contributed by atoms with E-state index >= 15 is 0 Å². The van der Waals surface area contributed by atoms with Crippen molar-refractivity contribution in [1.29, 1.82) is 0 Å². The number of hydrogen-bond acceptors (Lipinski definition) is 6. The lowest BCUT2D eigenvalue weighted by Gasteiger charge is -2.20. The second kappa shape index (κ2) is 10.3. The Hall–Kier alpha value is -1.46. The Morgan fingerprint density at radius 2 is 1.40 bits per heavy atom. The van der Waals surface area contributed by atoms with Crippen molar-refractivity contribution in [3.8, 4) is 0 Å². The van der Waals surface area contributed by atoms with Crippen molar-refractivity contribution < 1.29 is 28.5 Å². The van der Waals surface area contributed by atoms with Gasteiger partial charge in [-0.25, -0.2) is 9.59 Å². The summed E-state index contributed by atoms with van der Waals surface area (Å²) in [5.74, 6) is 0.236. The molecule has 0 fully saturated rings. The summed E-state index contributed by atoms with van der Waals surface area (Å²) in [6.07, 6.45) is -0.997. The fourth-order valence-electron chi connectivity index (χ4n) is 1.10. The highest BCUT2D eigenvalue weighted by molar-refractivity contribution is 5.61. The lowest BCUT2D eigenvalue weighted by molar-refractivity contribution is -0.0449. The molecule has 0 rings (SSSR count). The topological polar surface area (TPSA) is 71.1 Å². The van der Waals surface area contributed by atoms with Gasteiger partial charge in [0, 0.05) is 0 Å². The summed E-state index contributed by atoms with van der Waals surface area (Å²) in [7, 11) is 0. The Kier molecular flexibility index (Phi) is 9.59. The lowest BCUT2D eigenvalue weighted by atomic mass is 10.2. The van der Waals surface area contributed by atoms with Gasteiger partial charge in [-0.1, -0.05) is 27.2 Å². The number of ether oxygens (including phenoxy) is 4. The molecule has 0 heterocycles. The second-order valence-corrected chi connectivity index (χ2v) is 5.05. The molecule has 0 aromatic carbocycles. The Labute approximate surface area is 120 Å². The van der Waals surface area contributed by atoms with Crippen LogP contribution in [0, 0.1) is 5.92 Å². The quantitative estimate of drug-likeness (QED) is 0.503. The Morgan fingerprint density at radius 3 is 1.85 bits per heavy atom. The van der Waals surface area contributed by atoms with Gasteiger partial charge in [-0.05, 0) is 26.2 Å². The number of unbranched alkanes of at least 4 members (excludes halogenated alkanes) is 1. The predicted octanol–water partition coefficient (Wildman–Crippen LogP) is 3.53. The monoisotopic (exact) mass is 290 g/mol. The van der Waals surface area contributed by atoms with Gasteiger partial charge in [0.2, 0.25) is 0 Å². The van der Waals surface area contributed by atoms with Crippen LogP contribution < -0.4 is 0 Å². The van der Waals surface area contributed by atoms with Crippen LogP contribution in [-0.4, -0.2) is 37.7 Å². The minimum absolute atomic E-state index is 0.236. The highest BCUT2D eigenvalue weighted by Gasteiger charge is 2.22. The molecule has 0 aromatic rings. The molecule has 0 spiro atoms. The van der Waals surface area contributed by atoms with Gasteiger partial charge in [-0.3, -0.25) is 0 Å². The molecule has 0 amide bonds. The van der Waals surface area contributed by atoms with Crippen LogP contribution in [0.4, 0.5) is 9.59 Å². The van der Waals surface area contributed by atoms with E-state index in [0.717, 1.165) is 12.8 Å². The first kappa shape index (κ1) is 18.5. The molecule has 0 aliphatic carbocycles. The second-order valence-electron chi connectivity index (χ2n) is 5.05. The molecular weight excluding hydrogens is 264 g/mol. The van der Waals surface area contributed by atoms with Gasteiger partial charge in [-0.15, -0.1) is 0 Å². The molecule has 0 aromatic heterocycles. The van der Waals surface area contributed by atoms with E-state index in [0.29, 0.717) is 13.2 Å². The van der Waals surface area contributed by atoms with Crippen LogP contribution in [0.15, 0.2) is 0 Å². The molecule has 20 heavy (non-hydrogen) atoms. The maximum absolute atomic E-state index is 11.3. The van der Waals surface area contributed by atoms with Gasteiger partial charge in [0.1, 0.15) is 12.2 Å². The van der Waals surface area contributed by atoms with Crippen molar-refractivity contribution in [2.75, 3.05) is 13.2 Å². The smallest absolute Gasteiger partial charge is 0.434 e. The van der Waals surface area contributed by atoms with Gasteiger partial charge in [0.15, 0.2) is 0 Å². The largest absolute Gasteiger partial charge is 0.508 e. The Morgan fingerprint density at radius 1 is 0.900 bits per heavy atom. The van der Waals surface area contributed by atoms with Crippen LogP contribution in [-0.2, 0) is 18.9 Å². The maximum atomic E-state index is 11.3. The van der Waals surface area contributed by atoms with E-state index in [1.807, 2.05) is 20.8 Å². The minimum Gasteiger partial charge on any atom is -0.434 e. The minimum atomic E-state index is -0.763. The third-order valence-electron chi connectivity index (χ3n) is 2.48. The summed E-state index contributed by atoms with van der Waals surface area (Å²) in [6, 6.07) is 0. The average molecular weight is 290 g/mol. The molecule has 0 aliphatic rings. The van der Waals surface area contributed by atoms with E-state index in [1.165, 1.54) is 0 Å². The highest BCUT2D eigenvalue weighted by atomic mass is 16.8. The number of hydrogen-bond donors (Lipinski definition) is 0. The highest BCUT2D eigenvalue weighted by Crippen LogP contribution is 2.07. The van der Waals surface area contributed by atoms with Crippen molar-refractivity contribution >= 4 is 12.3 Å². The molecule has 0 saturated carbocycles. The van der Waals surface area contributed by atoms with E-state index < -0.39 is 24.5 Å². The first-order valence-electron chi connectivity index (χ1n) is 7.03. The summed E-state index contributed by atoms with van der Waals surface area (Å²) in [5.41, 5.74) is 0. The molecule has 6 heteroatoms. The van der Waals surface area contributed by atoms with E-state index in [-0.39, 0.29) is 5.92 Å². The molecule has 0 bridgehead atoms. The number of carbonyl (C=O) groups is 2. The predicted molar refractivity (Wildman–Crippen MR) is 73.5 cm³/mol. The van der Waals surface area contributed by atoms with Crippen LogP contribution in [0.2, 0.25) is 0 Å². The molecule has 118 valence electrons.